The maximum atomic E-state index is 13.4. The number of piperidine rings is 1. The summed E-state index contributed by atoms with van der Waals surface area (Å²) in [6, 6.07) is 5.86. The summed E-state index contributed by atoms with van der Waals surface area (Å²) < 4.78 is 50.7. The number of carbonyl (C=O) groups excluding carboxylic acids is 1. The largest absolute Gasteiger partial charge is 0.449 e. The Labute approximate surface area is 177 Å². The van der Waals surface area contributed by atoms with Crippen LogP contribution in [0.3, 0.4) is 0 Å². The molecule has 0 atom stereocenters. The fourth-order valence-electron chi connectivity index (χ4n) is 3.76. The minimum atomic E-state index is -4.37. The fourth-order valence-corrected chi connectivity index (χ4v) is 3.76. The Morgan fingerprint density at radius 1 is 1.17 bits per heavy atom. The van der Waals surface area contributed by atoms with E-state index in [0.717, 1.165) is 25.3 Å². The monoisotopic (exact) mass is 430 g/mol. The molecule has 1 fully saturated rings. The van der Waals surface area contributed by atoms with E-state index >= 15 is 0 Å². The molecule has 0 N–H and O–H groups in total. The van der Waals surface area contributed by atoms with E-state index in [1.807, 2.05) is 6.92 Å². The minimum absolute atomic E-state index is 0.114. The van der Waals surface area contributed by atoms with Crippen LogP contribution in [0.4, 0.5) is 18.0 Å². The zero-order valence-corrected chi connectivity index (χ0v) is 17.9. The van der Waals surface area contributed by atoms with Gasteiger partial charge in [0.15, 0.2) is 0 Å². The Balaban J connectivity index is 2.02. The van der Waals surface area contributed by atoms with Gasteiger partial charge in [0.2, 0.25) is 0 Å². The Bertz CT molecular complexity index is 647. The van der Waals surface area contributed by atoms with Crippen molar-refractivity contribution in [2.24, 2.45) is 0 Å². The number of likely N-dealkylation sites (tertiary alicyclic amines) is 1. The Kier molecular flexibility index (Phi) is 9.91. The number of hydrogen-bond acceptors (Lipinski definition) is 4. The topological polar surface area (TPSA) is 42.0 Å². The normalized spacial score (nSPS) is 15.6. The third-order valence-electron chi connectivity index (χ3n) is 5.45. The van der Waals surface area contributed by atoms with E-state index in [-0.39, 0.29) is 24.2 Å². The van der Waals surface area contributed by atoms with Crippen molar-refractivity contribution in [3.63, 3.8) is 0 Å². The molecule has 0 aliphatic carbocycles. The molecule has 2 rings (SSSR count). The van der Waals surface area contributed by atoms with Crippen molar-refractivity contribution in [1.29, 1.82) is 0 Å². The molecule has 0 aromatic heterocycles. The van der Waals surface area contributed by atoms with Crippen molar-refractivity contribution in [2.75, 3.05) is 40.0 Å². The first kappa shape index (κ1) is 24.5. The number of methoxy groups -OCH3 is 1. The Hall–Kier alpha value is -1.80. The summed E-state index contributed by atoms with van der Waals surface area (Å²) in [5.74, 6) is 0. The first-order valence-corrected chi connectivity index (χ1v) is 10.7. The van der Waals surface area contributed by atoms with Crippen LogP contribution in [0, 0.1) is 0 Å². The molecular formula is C22H33F3N2O3. The zero-order chi connectivity index (χ0) is 22.0. The van der Waals surface area contributed by atoms with Crippen LogP contribution in [0.5, 0.6) is 0 Å². The van der Waals surface area contributed by atoms with Crippen molar-refractivity contribution in [2.45, 2.75) is 57.8 Å². The number of amides is 1. The van der Waals surface area contributed by atoms with E-state index in [0.29, 0.717) is 45.7 Å². The summed E-state index contributed by atoms with van der Waals surface area (Å²) in [6.07, 6.45) is -0.701. The van der Waals surface area contributed by atoms with Gasteiger partial charge in [-0.2, -0.15) is 13.2 Å². The van der Waals surface area contributed by atoms with Crippen molar-refractivity contribution < 1.29 is 27.4 Å². The number of alkyl halides is 3. The highest BCUT2D eigenvalue weighted by Gasteiger charge is 2.34. The second-order valence-corrected chi connectivity index (χ2v) is 7.66. The van der Waals surface area contributed by atoms with Gasteiger partial charge in [-0.25, -0.2) is 4.79 Å². The van der Waals surface area contributed by atoms with E-state index < -0.39 is 11.7 Å². The number of nitrogens with zero attached hydrogens (tertiary/aromatic N) is 2. The molecule has 170 valence electrons. The van der Waals surface area contributed by atoms with E-state index in [2.05, 4.69) is 4.90 Å². The minimum Gasteiger partial charge on any atom is -0.449 e. The lowest BCUT2D eigenvalue weighted by Gasteiger charge is -2.38. The lowest BCUT2D eigenvalue weighted by molar-refractivity contribution is -0.138. The van der Waals surface area contributed by atoms with E-state index in [1.54, 1.807) is 24.1 Å². The molecule has 0 spiro atoms. The van der Waals surface area contributed by atoms with E-state index in [9.17, 15) is 18.0 Å². The maximum Gasteiger partial charge on any atom is 0.416 e. The second kappa shape index (κ2) is 12.2. The van der Waals surface area contributed by atoms with Crippen LogP contribution in [-0.4, -0.2) is 61.9 Å². The molecule has 0 bridgehead atoms. The molecule has 30 heavy (non-hydrogen) atoms. The summed E-state index contributed by atoms with van der Waals surface area (Å²) in [4.78, 5) is 16.0. The number of benzene rings is 1. The van der Waals surface area contributed by atoms with Gasteiger partial charge < -0.3 is 14.4 Å². The molecule has 1 amide bonds. The standard InChI is InChI=1S/C22H33F3N2O3/c1-3-4-16-30-21(28)26-13-10-19(11-14-26)27(12-7-15-29-2)17-18-8-5-6-9-20(18)22(23,24)25/h5-6,8-9,19H,3-4,7,10-17H2,1-2H3. The van der Waals surface area contributed by atoms with Gasteiger partial charge in [-0.05, 0) is 37.3 Å². The smallest absolute Gasteiger partial charge is 0.416 e. The number of rotatable bonds is 10. The summed E-state index contributed by atoms with van der Waals surface area (Å²) in [7, 11) is 1.62. The van der Waals surface area contributed by atoms with Gasteiger partial charge in [-0.15, -0.1) is 0 Å². The van der Waals surface area contributed by atoms with Gasteiger partial charge in [0.25, 0.3) is 0 Å². The molecule has 1 aliphatic rings. The van der Waals surface area contributed by atoms with Crippen molar-refractivity contribution >= 4 is 6.09 Å². The molecule has 1 saturated heterocycles. The second-order valence-electron chi connectivity index (χ2n) is 7.66. The van der Waals surface area contributed by atoms with Gasteiger partial charge in [-0.3, -0.25) is 4.90 Å². The lowest BCUT2D eigenvalue weighted by Crippen LogP contribution is -2.47. The molecule has 0 unspecified atom stereocenters. The quantitative estimate of drug-likeness (QED) is 0.493. The van der Waals surface area contributed by atoms with Crippen LogP contribution < -0.4 is 0 Å². The van der Waals surface area contributed by atoms with Crippen LogP contribution in [0.1, 0.15) is 50.2 Å². The third-order valence-corrected chi connectivity index (χ3v) is 5.45. The average molecular weight is 431 g/mol. The van der Waals surface area contributed by atoms with Crippen molar-refractivity contribution in [3.8, 4) is 0 Å². The highest BCUT2D eigenvalue weighted by molar-refractivity contribution is 5.67. The van der Waals surface area contributed by atoms with Crippen LogP contribution in [0.2, 0.25) is 0 Å². The van der Waals surface area contributed by atoms with Crippen molar-refractivity contribution in [3.05, 3.63) is 35.4 Å². The number of halogens is 3. The van der Waals surface area contributed by atoms with Crippen LogP contribution >= 0.6 is 0 Å². The molecule has 1 aliphatic heterocycles. The average Bonchev–Trinajstić information content (AvgIpc) is 2.73. The Morgan fingerprint density at radius 2 is 1.87 bits per heavy atom. The predicted octanol–water partition coefficient (Wildman–Crippen LogP) is 4.95. The molecule has 1 heterocycles. The predicted molar refractivity (Wildman–Crippen MR) is 109 cm³/mol. The molecule has 1 aromatic rings. The van der Waals surface area contributed by atoms with Gasteiger partial charge in [0, 0.05) is 45.9 Å². The Morgan fingerprint density at radius 3 is 2.50 bits per heavy atom. The lowest BCUT2D eigenvalue weighted by atomic mass is 10.0. The number of carbonyl (C=O) groups is 1. The van der Waals surface area contributed by atoms with E-state index in [1.165, 1.54) is 6.07 Å². The SMILES string of the molecule is CCCCOC(=O)N1CCC(N(CCCOC)Cc2ccccc2C(F)(F)F)CC1. The summed E-state index contributed by atoms with van der Waals surface area (Å²) in [5, 5.41) is 0. The summed E-state index contributed by atoms with van der Waals surface area (Å²) >= 11 is 0. The van der Waals surface area contributed by atoms with Gasteiger partial charge in [0.05, 0.1) is 12.2 Å². The molecular weight excluding hydrogens is 397 g/mol. The fraction of sp³-hybridized carbons (Fsp3) is 0.682. The summed E-state index contributed by atoms with van der Waals surface area (Å²) in [5.41, 5.74) is -0.303. The first-order valence-electron chi connectivity index (χ1n) is 10.7. The molecule has 0 radical (unpaired) electrons. The number of unbranched alkanes of at least 4 members (excludes halogenated alkanes) is 1. The molecule has 8 heteroatoms. The molecule has 0 saturated carbocycles. The third kappa shape index (κ3) is 7.47. The zero-order valence-electron chi connectivity index (χ0n) is 17.9. The van der Waals surface area contributed by atoms with Crippen LogP contribution in [-0.2, 0) is 22.2 Å². The van der Waals surface area contributed by atoms with Gasteiger partial charge >= 0.3 is 12.3 Å². The summed E-state index contributed by atoms with van der Waals surface area (Å²) in [6.45, 7) is 4.99. The molecule has 1 aromatic carbocycles. The van der Waals surface area contributed by atoms with Crippen molar-refractivity contribution in [1.82, 2.24) is 9.80 Å². The number of ether oxygens (including phenoxy) is 2. The highest BCUT2D eigenvalue weighted by atomic mass is 19.4. The van der Waals surface area contributed by atoms with Gasteiger partial charge in [-0.1, -0.05) is 31.5 Å². The van der Waals surface area contributed by atoms with Gasteiger partial charge in [0.1, 0.15) is 0 Å². The maximum absolute atomic E-state index is 13.4. The number of hydrogen-bond donors (Lipinski definition) is 0. The van der Waals surface area contributed by atoms with Crippen LogP contribution in [0.15, 0.2) is 24.3 Å². The first-order chi connectivity index (χ1) is 14.4. The molecule has 5 nitrogen and oxygen atoms in total. The highest BCUT2D eigenvalue weighted by Crippen LogP contribution is 2.33. The van der Waals surface area contributed by atoms with E-state index in [4.69, 9.17) is 9.47 Å². The van der Waals surface area contributed by atoms with Crippen LogP contribution in [0.25, 0.3) is 0 Å².